The summed E-state index contributed by atoms with van der Waals surface area (Å²) in [7, 11) is 4.68. The lowest BCUT2D eigenvalue weighted by Gasteiger charge is -2.12. The van der Waals surface area contributed by atoms with E-state index in [1.165, 1.54) is 7.11 Å². The van der Waals surface area contributed by atoms with Crippen LogP contribution >= 0.6 is 0 Å². The number of amides is 1. The van der Waals surface area contributed by atoms with Crippen LogP contribution in [0.3, 0.4) is 0 Å². The van der Waals surface area contributed by atoms with Crippen LogP contribution in [0.15, 0.2) is 36.4 Å². The van der Waals surface area contributed by atoms with Gasteiger partial charge >= 0.3 is 0 Å². The molecule has 0 saturated carbocycles. The minimum atomic E-state index is -0.208. The van der Waals surface area contributed by atoms with Crippen molar-refractivity contribution in [3.05, 3.63) is 47.5 Å². The third-order valence-electron chi connectivity index (χ3n) is 3.61. The van der Waals surface area contributed by atoms with Gasteiger partial charge in [-0.1, -0.05) is 6.07 Å². The minimum absolute atomic E-state index is 0.208. The average molecular weight is 345 g/mol. The quantitative estimate of drug-likeness (QED) is 0.745. The molecular weight excluding hydrogens is 322 g/mol. The summed E-state index contributed by atoms with van der Waals surface area (Å²) < 4.78 is 21.3. The number of carbonyl (C=O) groups is 1. The second-order valence-corrected chi connectivity index (χ2v) is 5.33. The van der Waals surface area contributed by atoms with Crippen molar-refractivity contribution < 1.29 is 23.7 Å². The fourth-order valence-corrected chi connectivity index (χ4v) is 2.30. The highest BCUT2D eigenvalue weighted by molar-refractivity contribution is 5.94. The van der Waals surface area contributed by atoms with Crippen molar-refractivity contribution in [1.82, 2.24) is 5.32 Å². The standard InChI is InChI=1S/C19H23NO5/c1-13-5-7-16(17(11-13)23-3)25-10-9-20-19(21)14-6-8-15(22-2)18(12-14)24-4/h5-8,11-12H,9-10H2,1-4H3,(H,20,21). The first-order valence-electron chi connectivity index (χ1n) is 7.86. The SMILES string of the molecule is COc1ccc(C(=O)NCCOc2ccc(C)cc2OC)cc1OC. The van der Waals surface area contributed by atoms with Gasteiger partial charge in [-0.2, -0.15) is 0 Å². The van der Waals surface area contributed by atoms with Gasteiger partial charge in [-0.15, -0.1) is 0 Å². The molecule has 0 aromatic heterocycles. The van der Waals surface area contributed by atoms with E-state index in [1.54, 1.807) is 32.4 Å². The Kier molecular flexibility index (Phi) is 6.51. The van der Waals surface area contributed by atoms with Crippen LogP contribution < -0.4 is 24.3 Å². The zero-order valence-electron chi connectivity index (χ0n) is 14.9. The maximum absolute atomic E-state index is 12.2. The number of rotatable bonds is 8. The lowest BCUT2D eigenvalue weighted by molar-refractivity contribution is 0.0946. The molecule has 1 N–H and O–H groups in total. The Morgan fingerprint density at radius 1 is 0.880 bits per heavy atom. The first kappa shape index (κ1) is 18.4. The number of methoxy groups -OCH3 is 3. The molecule has 25 heavy (non-hydrogen) atoms. The number of hydrogen-bond acceptors (Lipinski definition) is 5. The predicted molar refractivity (Wildman–Crippen MR) is 95.1 cm³/mol. The summed E-state index contributed by atoms with van der Waals surface area (Å²) in [5.41, 5.74) is 1.58. The fraction of sp³-hybridized carbons (Fsp3) is 0.316. The molecule has 2 rings (SSSR count). The van der Waals surface area contributed by atoms with Crippen molar-refractivity contribution in [3.8, 4) is 23.0 Å². The summed E-state index contributed by atoms with van der Waals surface area (Å²) in [4.78, 5) is 12.2. The molecule has 6 nitrogen and oxygen atoms in total. The van der Waals surface area contributed by atoms with Crippen LogP contribution in [-0.2, 0) is 0 Å². The number of nitrogens with one attached hydrogen (secondary N) is 1. The summed E-state index contributed by atoms with van der Waals surface area (Å²) in [5, 5.41) is 2.81. The summed E-state index contributed by atoms with van der Waals surface area (Å²) in [6.07, 6.45) is 0. The Morgan fingerprint density at radius 3 is 2.20 bits per heavy atom. The molecule has 0 aliphatic rings. The van der Waals surface area contributed by atoms with Gasteiger partial charge < -0.3 is 24.3 Å². The lowest BCUT2D eigenvalue weighted by Crippen LogP contribution is -2.28. The molecule has 1 amide bonds. The van der Waals surface area contributed by atoms with Crippen molar-refractivity contribution >= 4 is 5.91 Å². The Balaban J connectivity index is 1.89. The van der Waals surface area contributed by atoms with Gasteiger partial charge in [0.25, 0.3) is 5.91 Å². The normalized spacial score (nSPS) is 10.1. The van der Waals surface area contributed by atoms with Crippen molar-refractivity contribution in [1.29, 1.82) is 0 Å². The molecule has 2 aromatic rings. The summed E-state index contributed by atoms with van der Waals surface area (Å²) in [5.74, 6) is 2.20. The largest absolute Gasteiger partial charge is 0.493 e. The van der Waals surface area contributed by atoms with E-state index in [4.69, 9.17) is 18.9 Å². The van der Waals surface area contributed by atoms with Gasteiger partial charge in [-0.05, 0) is 42.8 Å². The molecule has 0 bridgehead atoms. The van der Waals surface area contributed by atoms with Crippen molar-refractivity contribution in [3.63, 3.8) is 0 Å². The minimum Gasteiger partial charge on any atom is -0.493 e. The molecule has 0 fully saturated rings. The van der Waals surface area contributed by atoms with Crippen molar-refractivity contribution in [2.75, 3.05) is 34.5 Å². The molecule has 0 spiro atoms. The topological polar surface area (TPSA) is 66.0 Å². The second-order valence-electron chi connectivity index (χ2n) is 5.33. The van der Waals surface area contributed by atoms with Crippen molar-refractivity contribution in [2.24, 2.45) is 0 Å². The van der Waals surface area contributed by atoms with E-state index >= 15 is 0 Å². The summed E-state index contributed by atoms with van der Waals surface area (Å²) in [6, 6.07) is 10.7. The molecule has 0 aliphatic carbocycles. The predicted octanol–water partition coefficient (Wildman–Crippen LogP) is 2.83. The van der Waals surface area contributed by atoms with Crippen LogP contribution in [-0.4, -0.2) is 40.4 Å². The molecule has 134 valence electrons. The molecule has 2 aromatic carbocycles. The second kappa shape index (κ2) is 8.82. The zero-order valence-corrected chi connectivity index (χ0v) is 14.9. The van der Waals surface area contributed by atoms with Gasteiger partial charge in [-0.3, -0.25) is 4.79 Å². The van der Waals surface area contributed by atoms with Gasteiger partial charge in [0.15, 0.2) is 23.0 Å². The third kappa shape index (κ3) is 4.79. The number of benzene rings is 2. The molecule has 0 aliphatic heterocycles. The lowest BCUT2D eigenvalue weighted by atomic mass is 10.2. The van der Waals surface area contributed by atoms with Gasteiger partial charge in [0.2, 0.25) is 0 Å². The Labute approximate surface area is 147 Å². The van der Waals surface area contributed by atoms with E-state index < -0.39 is 0 Å². The Morgan fingerprint density at radius 2 is 1.52 bits per heavy atom. The molecule has 0 atom stereocenters. The highest BCUT2D eigenvalue weighted by atomic mass is 16.5. The fourth-order valence-electron chi connectivity index (χ4n) is 2.30. The van der Waals surface area contributed by atoms with Crippen LogP contribution in [0.5, 0.6) is 23.0 Å². The summed E-state index contributed by atoms with van der Waals surface area (Å²) >= 11 is 0. The Bertz CT molecular complexity index is 730. The third-order valence-corrected chi connectivity index (χ3v) is 3.61. The van der Waals surface area contributed by atoms with Gasteiger partial charge in [0, 0.05) is 5.56 Å². The van der Waals surface area contributed by atoms with Crippen LogP contribution in [0.25, 0.3) is 0 Å². The number of carbonyl (C=O) groups excluding carboxylic acids is 1. The number of ether oxygens (including phenoxy) is 4. The first-order valence-corrected chi connectivity index (χ1v) is 7.86. The zero-order chi connectivity index (χ0) is 18.2. The van der Waals surface area contributed by atoms with E-state index in [0.717, 1.165) is 5.56 Å². The molecule has 0 heterocycles. The van der Waals surface area contributed by atoms with E-state index in [1.807, 2.05) is 25.1 Å². The van der Waals surface area contributed by atoms with Crippen LogP contribution in [0.1, 0.15) is 15.9 Å². The average Bonchev–Trinajstić information content (AvgIpc) is 2.65. The highest BCUT2D eigenvalue weighted by Crippen LogP contribution is 2.28. The van der Waals surface area contributed by atoms with E-state index in [2.05, 4.69) is 5.32 Å². The van der Waals surface area contributed by atoms with Gasteiger partial charge in [0.05, 0.1) is 27.9 Å². The summed E-state index contributed by atoms with van der Waals surface area (Å²) in [6.45, 7) is 2.68. The highest BCUT2D eigenvalue weighted by Gasteiger charge is 2.10. The molecular formula is C19H23NO5. The van der Waals surface area contributed by atoms with E-state index in [-0.39, 0.29) is 5.91 Å². The maximum atomic E-state index is 12.2. The monoisotopic (exact) mass is 345 g/mol. The smallest absolute Gasteiger partial charge is 0.251 e. The molecule has 6 heteroatoms. The van der Waals surface area contributed by atoms with Crippen LogP contribution in [0, 0.1) is 6.92 Å². The van der Waals surface area contributed by atoms with Gasteiger partial charge in [-0.25, -0.2) is 0 Å². The first-order chi connectivity index (χ1) is 12.1. The number of aryl methyl sites for hydroxylation is 1. The van der Waals surface area contributed by atoms with Crippen LogP contribution in [0.2, 0.25) is 0 Å². The molecule has 0 saturated heterocycles. The molecule has 0 unspecified atom stereocenters. The van der Waals surface area contributed by atoms with E-state index in [9.17, 15) is 4.79 Å². The molecule has 0 radical (unpaired) electrons. The number of hydrogen-bond donors (Lipinski definition) is 1. The van der Waals surface area contributed by atoms with Crippen LogP contribution in [0.4, 0.5) is 0 Å². The maximum Gasteiger partial charge on any atom is 0.251 e. The Hall–Kier alpha value is -2.89. The van der Waals surface area contributed by atoms with E-state index in [0.29, 0.717) is 41.7 Å². The van der Waals surface area contributed by atoms with Crippen molar-refractivity contribution in [2.45, 2.75) is 6.92 Å². The van der Waals surface area contributed by atoms with Gasteiger partial charge in [0.1, 0.15) is 6.61 Å².